The van der Waals surface area contributed by atoms with Crippen molar-refractivity contribution in [2.45, 2.75) is 78.3 Å². The summed E-state index contributed by atoms with van der Waals surface area (Å²) in [6.45, 7) is 14.3. The van der Waals surface area contributed by atoms with Crippen molar-refractivity contribution in [2.24, 2.45) is 10.8 Å². The molecule has 7 nitrogen and oxygen atoms in total. The fourth-order valence-electron chi connectivity index (χ4n) is 6.79. The van der Waals surface area contributed by atoms with Gasteiger partial charge < -0.3 is 14.8 Å². The highest BCUT2D eigenvalue weighted by Gasteiger charge is 2.86. The predicted octanol–water partition coefficient (Wildman–Crippen LogP) is 3.19. The number of para-hydroxylation sites is 1. The third-order valence-electron chi connectivity index (χ3n) is 7.42. The molecular formula is C23H30N2O5. The van der Waals surface area contributed by atoms with E-state index in [1.54, 1.807) is 13.8 Å². The second kappa shape index (κ2) is 5.63. The molecule has 2 spiro atoms. The Balaban J connectivity index is 2.12. The lowest BCUT2D eigenvalue weighted by molar-refractivity contribution is -0.263. The summed E-state index contributed by atoms with van der Waals surface area (Å²) < 4.78 is 11.3. The van der Waals surface area contributed by atoms with Crippen LogP contribution in [0.15, 0.2) is 24.3 Å². The summed E-state index contributed by atoms with van der Waals surface area (Å²) in [6.07, 6.45) is 0. The van der Waals surface area contributed by atoms with Crippen molar-refractivity contribution in [2.75, 3.05) is 5.32 Å². The predicted molar refractivity (Wildman–Crippen MR) is 110 cm³/mol. The first-order chi connectivity index (χ1) is 13.7. The molecular weight excluding hydrogens is 384 g/mol. The SMILES string of the molecule is CC(C)N1C(C)(C)C2(C(=O)OC(C)(C)OC2=O)C(C)(C)C12C(=O)Nc1ccccc12. The van der Waals surface area contributed by atoms with Crippen molar-refractivity contribution in [3.8, 4) is 0 Å². The highest BCUT2D eigenvalue weighted by atomic mass is 16.7. The Hall–Kier alpha value is -2.41. The minimum atomic E-state index is -1.71. The smallest absolute Gasteiger partial charge is 0.329 e. The third-order valence-corrected chi connectivity index (χ3v) is 7.42. The van der Waals surface area contributed by atoms with Crippen LogP contribution in [0.2, 0.25) is 0 Å². The van der Waals surface area contributed by atoms with Crippen LogP contribution < -0.4 is 5.32 Å². The normalized spacial score (nSPS) is 30.4. The second-order valence-corrected chi connectivity index (χ2v) is 10.3. The summed E-state index contributed by atoms with van der Waals surface area (Å²) in [7, 11) is 0. The van der Waals surface area contributed by atoms with Gasteiger partial charge >= 0.3 is 11.9 Å². The molecule has 0 bridgehead atoms. The average molecular weight is 415 g/mol. The largest absolute Gasteiger partial charge is 0.422 e. The lowest BCUT2D eigenvalue weighted by Gasteiger charge is -2.50. The number of hydrogen-bond donors (Lipinski definition) is 1. The fourth-order valence-corrected chi connectivity index (χ4v) is 6.79. The van der Waals surface area contributed by atoms with E-state index in [1.807, 2.05) is 56.9 Å². The summed E-state index contributed by atoms with van der Waals surface area (Å²) in [5.41, 5.74) is -3.80. The molecule has 1 aromatic rings. The van der Waals surface area contributed by atoms with E-state index in [4.69, 9.17) is 9.47 Å². The summed E-state index contributed by atoms with van der Waals surface area (Å²) in [5.74, 6) is -2.92. The van der Waals surface area contributed by atoms with E-state index in [1.165, 1.54) is 13.8 Å². The van der Waals surface area contributed by atoms with Crippen molar-refractivity contribution in [3.63, 3.8) is 0 Å². The van der Waals surface area contributed by atoms with Crippen LogP contribution in [0.1, 0.15) is 61.0 Å². The molecule has 0 aromatic heterocycles. The van der Waals surface area contributed by atoms with E-state index in [0.29, 0.717) is 5.69 Å². The summed E-state index contributed by atoms with van der Waals surface area (Å²) in [5, 5.41) is 2.99. The highest BCUT2D eigenvalue weighted by molar-refractivity contribution is 6.12. The first-order valence-electron chi connectivity index (χ1n) is 10.4. The number of fused-ring (bicyclic) bond motifs is 2. The molecule has 2 fully saturated rings. The molecule has 1 N–H and O–H groups in total. The van der Waals surface area contributed by atoms with Gasteiger partial charge in [-0.2, -0.15) is 0 Å². The van der Waals surface area contributed by atoms with Gasteiger partial charge in [0.2, 0.25) is 5.91 Å². The van der Waals surface area contributed by atoms with Gasteiger partial charge in [-0.25, -0.2) is 0 Å². The van der Waals surface area contributed by atoms with Gasteiger partial charge in [-0.3, -0.25) is 19.3 Å². The maximum Gasteiger partial charge on any atom is 0.329 e. The zero-order valence-electron chi connectivity index (χ0n) is 18.9. The van der Waals surface area contributed by atoms with Crippen molar-refractivity contribution < 1.29 is 23.9 Å². The molecule has 0 saturated carbocycles. The Morgan fingerprint density at radius 1 is 0.900 bits per heavy atom. The van der Waals surface area contributed by atoms with Crippen LogP contribution in [-0.2, 0) is 29.4 Å². The minimum Gasteiger partial charge on any atom is -0.422 e. The van der Waals surface area contributed by atoms with Crippen LogP contribution in [0.5, 0.6) is 0 Å². The molecule has 3 aliphatic heterocycles. The molecule has 4 rings (SSSR count). The first-order valence-corrected chi connectivity index (χ1v) is 10.4. The molecule has 1 unspecified atom stereocenters. The van der Waals surface area contributed by atoms with Crippen molar-refractivity contribution >= 4 is 23.5 Å². The molecule has 162 valence electrons. The van der Waals surface area contributed by atoms with Crippen LogP contribution in [0.25, 0.3) is 0 Å². The summed E-state index contributed by atoms with van der Waals surface area (Å²) in [4.78, 5) is 43.2. The molecule has 2 saturated heterocycles. The summed E-state index contributed by atoms with van der Waals surface area (Å²) >= 11 is 0. The molecule has 7 heteroatoms. The molecule has 1 aromatic carbocycles. The number of amides is 1. The van der Waals surface area contributed by atoms with Gasteiger partial charge in [-0.1, -0.05) is 32.0 Å². The maximum atomic E-state index is 13.8. The van der Waals surface area contributed by atoms with Gasteiger partial charge in [0.1, 0.15) is 5.54 Å². The van der Waals surface area contributed by atoms with Gasteiger partial charge in [0, 0.05) is 42.1 Å². The summed E-state index contributed by atoms with van der Waals surface area (Å²) in [6, 6.07) is 7.30. The maximum absolute atomic E-state index is 13.8. The van der Waals surface area contributed by atoms with Crippen LogP contribution in [0.3, 0.4) is 0 Å². The number of anilines is 1. The zero-order valence-corrected chi connectivity index (χ0v) is 18.9. The Morgan fingerprint density at radius 3 is 1.97 bits per heavy atom. The molecule has 1 atom stereocenters. The number of nitrogens with one attached hydrogen (secondary N) is 1. The van der Waals surface area contributed by atoms with Crippen molar-refractivity contribution in [3.05, 3.63) is 29.8 Å². The Bertz CT molecular complexity index is 958. The Labute approximate surface area is 177 Å². The van der Waals surface area contributed by atoms with Gasteiger partial charge in [0.25, 0.3) is 5.79 Å². The van der Waals surface area contributed by atoms with Crippen molar-refractivity contribution in [1.29, 1.82) is 0 Å². The number of likely N-dealkylation sites (tertiary alicyclic amines) is 1. The van der Waals surface area contributed by atoms with E-state index in [9.17, 15) is 14.4 Å². The van der Waals surface area contributed by atoms with E-state index < -0.39 is 39.6 Å². The molecule has 1 amide bonds. The van der Waals surface area contributed by atoms with Crippen LogP contribution >= 0.6 is 0 Å². The number of esters is 2. The van der Waals surface area contributed by atoms with E-state index in [-0.39, 0.29) is 11.9 Å². The van der Waals surface area contributed by atoms with Crippen LogP contribution in [0.4, 0.5) is 5.69 Å². The Kier molecular flexibility index (Phi) is 3.92. The number of hydrogen-bond acceptors (Lipinski definition) is 6. The molecule has 0 aliphatic carbocycles. The number of carbonyl (C=O) groups excluding carboxylic acids is 3. The quantitative estimate of drug-likeness (QED) is 0.561. The lowest BCUT2D eigenvalue weighted by Crippen LogP contribution is -2.67. The molecule has 3 heterocycles. The van der Waals surface area contributed by atoms with E-state index in [2.05, 4.69) is 5.32 Å². The number of rotatable bonds is 1. The second-order valence-electron chi connectivity index (χ2n) is 10.3. The number of nitrogens with zero attached hydrogens (tertiary/aromatic N) is 1. The number of ether oxygens (including phenoxy) is 2. The number of carbonyl (C=O) groups is 3. The average Bonchev–Trinajstić information content (AvgIpc) is 2.92. The molecule has 3 aliphatic rings. The number of cyclic esters (lactones) is 2. The third kappa shape index (κ3) is 1.93. The molecule has 30 heavy (non-hydrogen) atoms. The fraction of sp³-hybridized carbons (Fsp3) is 0.609. The number of benzene rings is 1. The standard InChI is InChI=1S/C23H30N2O5/c1-13(2)25-20(5,6)22(17(27)29-21(7,8)30-18(22)28)19(3,4)23(25)14-11-9-10-12-15(14)24-16(23)26/h9-13H,1-8H3,(H,24,26). The van der Waals surface area contributed by atoms with Gasteiger partial charge in [0.05, 0.1) is 0 Å². The van der Waals surface area contributed by atoms with Gasteiger partial charge in [-0.15, -0.1) is 0 Å². The van der Waals surface area contributed by atoms with Crippen LogP contribution in [0, 0.1) is 10.8 Å². The molecule has 0 radical (unpaired) electrons. The zero-order chi connectivity index (χ0) is 22.5. The topological polar surface area (TPSA) is 84.9 Å². The Morgan fingerprint density at radius 2 is 1.43 bits per heavy atom. The van der Waals surface area contributed by atoms with E-state index >= 15 is 0 Å². The van der Waals surface area contributed by atoms with Crippen molar-refractivity contribution in [1.82, 2.24) is 4.90 Å². The van der Waals surface area contributed by atoms with Gasteiger partial charge in [-0.05, 0) is 33.8 Å². The minimum absolute atomic E-state index is 0.161. The van der Waals surface area contributed by atoms with Gasteiger partial charge in [0.15, 0.2) is 5.41 Å². The lowest BCUT2D eigenvalue weighted by atomic mass is 9.53. The highest BCUT2D eigenvalue weighted by Crippen LogP contribution is 2.72. The van der Waals surface area contributed by atoms with E-state index in [0.717, 1.165) is 5.56 Å². The first kappa shape index (κ1) is 20.8. The monoisotopic (exact) mass is 414 g/mol. The van der Waals surface area contributed by atoms with Crippen LogP contribution in [-0.4, -0.2) is 40.1 Å².